The highest BCUT2D eigenvalue weighted by Gasteiger charge is 2.24. The minimum Gasteiger partial charge on any atom is -0.508 e. The summed E-state index contributed by atoms with van der Waals surface area (Å²) in [5.41, 5.74) is 0.781. The molecule has 19 heavy (non-hydrogen) atoms. The molecule has 1 aliphatic rings. The molecule has 0 aromatic heterocycles. The highest BCUT2D eigenvalue weighted by molar-refractivity contribution is 5.72. The number of phenols is 1. The number of carboxylic acids is 1. The monoisotopic (exact) mass is 264 g/mol. The first-order valence-corrected chi connectivity index (χ1v) is 6.81. The minimum absolute atomic E-state index is 0.0622. The van der Waals surface area contributed by atoms with E-state index in [2.05, 4.69) is 0 Å². The molecule has 0 aliphatic heterocycles. The maximum absolute atomic E-state index is 11.3. The third-order valence-electron chi connectivity index (χ3n) is 3.52. The quantitative estimate of drug-likeness (QED) is 0.858. The number of hydrogen-bond donors (Lipinski definition) is 2. The van der Waals surface area contributed by atoms with E-state index in [-0.39, 0.29) is 11.9 Å². The number of carbonyl (C=O) groups is 1. The lowest BCUT2D eigenvalue weighted by Gasteiger charge is -2.25. The highest BCUT2D eigenvalue weighted by Crippen LogP contribution is 2.23. The van der Waals surface area contributed by atoms with Crippen LogP contribution in [-0.4, -0.2) is 28.4 Å². The van der Waals surface area contributed by atoms with Crippen LogP contribution < -0.4 is 0 Å². The lowest BCUT2D eigenvalue weighted by molar-refractivity contribution is -0.155. The van der Waals surface area contributed by atoms with Gasteiger partial charge in [-0.1, -0.05) is 31.4 Å². The first-order valence-electron chi connectivity index (χ1n) is 6.81. The van der Waals surface area contributed by atoms with Gasteiger partial charge in [0.15, 0.2) is 6.10 Å². The fourth-order valence-corrected chi connectivity index (χ4v) is 2.52. The summed E-state index contributed by atoms with van der Waals surface area (Å²) in [5.74, 6) is -0.784. The summed E-state index contributed by atoms with van der Waals surface area (Å²) >= 11 is 0. The predicted molar refractivity (Wildman–Crippen MR) is 71.2 cm³/mol. The summed E-state index contributed by atoms with van der Waals surface area (Å²) < 4.78 is 5.72. The maximum Gasteiger partial charge on any atom is 0.333 e. The molecular formula is C15H20O4. The molecule has 0 spiro atoms. The maximum atomic E-state index is 11.3. The van der Waals surface area contributed by atoms with Crippen molar-refractivity contribution in [3.8, 4) is 5.75 Å². The second-order valence-electron chi connectivity index (χ2n) is 5.10. The Balaban J connectivity index is 1.97. The Labute approximate surface area is 113 Å². The van der Waals surface area contributed by atoms with Crippen molar-refractivity contribution in [1.82, 2.24) is 0 Å². The van der Waals surface area contributed by atoms with Gasteiger partial charge >= 0.3 is 5.97 Å². The lowest BCUT2D eigenvalue weighted by atomic mass is 9.97. The zero-order chi connectivity index (χ0) is 13.7. The van der Waals surface area contributed by atoms with E-state index in [4.69, 9.17) is 4.74 Å². The zero-order valence-corrected chi connectivity index (χ0v) is 10.9. The average molecular weight is 264 g/mol. The molecule has 1 fully saturated rings. The van der Waals surface area contributed by atoms with Gasteiger partial charge in [0, 0.05) is 6.42 Å². The van der Waals surface area contributed by atoms with Crippen LogP contribution in [0.5, 0.6) is 5.75 Å². The van der Waals surface area contributed by atoms with Gasteiger partial charge in [-0.25, -0.2) is 4.79 Å². The number of rotatable bonds is 5. The zero-order valence-electron chi connectivity index (χ0n) is 10.9. The van der Waals surface area contributed by atoms with Crippen molar-refractivity contribution >= 4 is 5.97 Å². The van der Waals surface area contributed by atoms with Gasteiger partial charge in [0.25, 0.3) is 0 Å². The van der Waals surface area contributed by atoms with E-state index >= 15 is 0 Å². The van der Waals surface area contributed by atoms with Crippen molar-refractivity contribution in [3.05, 3.63) is 29.8 Å². The van der Waals surface area contributed by atoms with Crippen molar-refractivity contribution < 1.29 is 19.7 Å². The van der Waals surface area contributed by atoms with E-state index in [1.807, 2.05) is 0 Å². The largest absolute Gasteiger partial charge is 0.508 e. The van der Waals surface area contributed by atoms with Crippen molar-refractivity contribution in [1.29, 1.82) is 0 Å². The van der Waals surface area contributed by atoms with Crippen molar-refractivity contribution in [2.75, 3.05) is 0 Å². The lowest BCUT2D eigenvalue weighted by Crippen LogP contribution is -2.32. The van der Waals surface area contributed by atoms with Gasteiger partial charge in [-0.15, -0.1) is 0 Å². The average Bonchev–Trinajstić information content (AvgIpc) is 2.39. The van der Waals surface area contributed by atoms with Crippen molar-refractivity contribution in [2.45, 2.75) is 50.7 Å². The van der Waals surface area contributed by atoms with Crippen LogP contribution in [0.3, 0.4) is 0 Å². The van der Waals surface area contributed by atoms with Crippen LogP contribution in [0.15, 0.2) is 24.3 Å². The van der Waals surface area contributed by atoms with Gasteiger partial charge in [0.2, 0.25) is 0 Å². The predicted octanol–water partition coefficient (Wildman–Crippen LogP) is 2.74. The first-order chi connectivity index (χ1) is 9.15. The van der Waals surface area contributed by atoms with Crippen LogP contribution in [0.4, 0.5) is 0 Å². The second kappa shape index (κ2) is 6.57. The molecule has 2 N–H and O–H groups in total. The van der Waals surface area contributed by atoms with Gasteiger partial charge in [0.1, 0.15) is 5.75 Å². The first kappa shape index (κ1) is 13.9. The molecule has 1 atom stereocenters. The highest BCUT2D eigenvalue weighted by atomic mass is 16.5. The van der Waals surface area contributed by atoms with Crippen LogP contribution >= 0.6 is 0 Å². The number of hydrogen-bond acceptors (Lipinski definition) is 3. The Morgan fingerprint density at radius 3 is 2.68 bits per heavy atom. The van der Waals surface area contributed by atoms with Crippen LogP contribution in [0.25, 0.3) is 0 Å². The molecular weight excluding hydrogens is 244 g/mol. The third kappa shape index (κ3) is 4.24. The molecule has 1 saturated carbocycles. The number of aromatic hydroxyl groups is 1. The number of benzene rings is 1. The Hall–Kier alpha value is -1.55. The standard InChI is InChI=1S/C15H20O4/c16-12-6-4-5-11(9-12)10-14(15(17)18)19-13-7-2-1-3-8-13/h4-6,9,13-14,16H,1-3,7-8,10H2,(H,17,18)/t14-/m1/s1. The van der Waals surface area contributed by atoms with Crippen molar-refractivity contribution in [3.63, 3.8) is 0 Å². The van der Waals surface area contributed by atoms with Crippen LogP contribution in [0.1, 0.15) is 37.7 Å². The Morgan fingerprint density at radius 2 is 2.05 bits per heavy atom. The number of phenolic OH excluding ortho intramolecular Hbond substituents is 1. The van der Waals surface area contributed by atoms with E-state index in [9.17, 15) is 15.0 Å². The molecule has 0 radical (unpaired) electrons. The van der Waals surface area contributed by atoms with Gasteiger partial charge in [-0.05, 0) is 30.5 Å². The SMILES string of the molecule is O=C(O)[C@@H](Cc1cccc(O)c1)OC1CCCCC1. The topological polar surface area (TPSA) is 66.8 Å². The molecule has 1 aromatic carbocycles. The molecule has 1 aromatic rings. The molecule has 2 rings (SSSR count). The second-order valence-corrected chi connectivity index (χ2v) is 5.10. The van der Waals surface area contributed by atoms with E-state index in [1.54, 1.807) is 24.3 Å². The minimum atomic E-state index is -0.936. The summed E-state index contributed by atoms with van der Waals surface area (Å²) in [7, 11) is 0. The Morgan fingerprint density at radius 1 is 1.32 bits per heavy atom. The number of carboxylic acid groups (broad SMARTS) is 1. The Bertz CT molecular complexity index is 424. The smallest absolute Gasteiger partial charge is 0.333 e. The fraction of sp³-hybridized carbons (Fsp3) is 0.533. The molecule has 4 heteroatoms. The molecule has 0 heterocycles. The van der Waals surface area contributed by atoms with Gasteiger partial charge < -0.3 is 14.9 Å². The van der Waals surface area contributed by atoms with Crippen LogP contribution in [0, 0.1) is 0 Å². The van der Waals surface area contributed by atoms with Crippen molar-refractivity contribution in [2.24, 2.45) is 0 Å². The summed E-state index contributed by atoms with van der Waals surface area (Å²) in [6, 6.07) is 6.67. The molecule has 0 amide bonds. The van der Waals surface area contributed by atoms with E-state index in [0.29, 0.717) is 6.42 Å². The van der Waals surface area contributed by atoms with Gasteiger partial charge in [0.05, 0.1) is 6.10 Å². The summed E-state index contributed by atoms with van der Waals surface area (Å²) in [4.78, 5) is 11.3. The van der Waals surface area contributed by atoms with Gasteiger partial charge in [-0.3, -0.25) is 0 Å². The third-order valence-corrected chi connectivity index (χ3v) is 3.52. The van der Waals surface area contributed by atoms with Crippen LogP contribution in [-0.2, 0) is 16.0 Å². The Kier molecular flexibility index (Phi) is 4.80. The van der Waals surface area contributed by atoms with Gasteiger partial charge in [-0.2, -0.15) is 0 Å². The van der Waals surface area contributed by atoms with E-state index in [1.165, 1.54) is 6.42 Å². The summed E-state index contributed by atoms with van der Waals surface area (Å²) in [6.07, 6.45) is 4.86. The fourth-order valence-electron chi connectivity index (χ4n) is 2.52. The number of ether oxygens (including phenoxy) is 1. The van der Waals surface area contributed by atoms with E-state index in [0.717, 1.165) is 31.2 Å². The van der Waals surface area contributed by atoms with Crippen LogP contribution in [0.2, 0.25) is 0 Å². The summed E-state index contributed by atoms with van der Waals surface area (Å²) in [5, 5.41) is 18.6. The molecule has 4 nitrogen and oxygen atoms in total. The number of aliphatic carboxylic acids is 1. The molecule has 0 unspecified atom stereocenters. The molecule has 1 aliphatic carbocycles. The van der Waals surface area contributed by atoms with E-state index < -0.39 is 12.1 Å². The molecule has 0 saturated heterocycles. The normalized spacial score (nSPS) is 18.1. The molecule has 104 valence electrons. The summed E-state index contributed by atoms with van der Waals surface area (Å²) in [6.45, 7) is 0. The molecule has 0 bridgehead atoms.